The predicted octanol–water partition coefficient (Wildman–Crippen LogP) is 2.53. The molecule has 0 radical (unpaired) electrons. The maximum atomic E-state index is 11.1. The van der Waals surface area contributed by atoms with Crippen molar-refractivity contribution < 1.29 is 9.90 Å². The molecule has 5 nitrogen and oxygen atoms in total. The Balaban J connectivity index is 2.68. The van der Waals surface area contributed by atoms with Gasteiger partial charge in [0.1, 0.15) is 22.5 Å². The van der Waals surface area contributed by atoms with Crippen LogP contribution in [0, 0.1) is 20.8 Å². The van der Waals surface area contributed by atoms with Gasteiger partial charge in [-0.3, -0.25) is 0 Å². The predicted molar refractivity (Wildman–Crippen MR) is 77.1 cm³/mol. The molecule has 0 fully saturated rings. The standard InChI is InChI=1S/C13H17N3O2S/c1-6-8(3)19-12-10(6)11(14-9(4)15-12)16(5)7(2)13(17)18/h7H,1-5H3,(H,17,18). The molecule has 1 atom stereocenters. The number of aliphatic carboxylic acids is 1. The van der Waals surface area contributed by atoms with Crippen LogP contribution in [0.2, 0.25) is 0 Å². The number of hydrogen-bond donors (Lipinski definition) is 1. The molecule has 2 rings (SSSR count). The zero-order valence-corrected chi connectivity index (χ0v) is 12.5. The van der Waals surface area contributed by atoms with Crippen LogP contribution in [0.5, 0.6) is 0 Å². The number of carboxylic acids is 1. The molecule has 0 saturated carbocycles. The van der Waals surface area contributed by atoms with Crippen LogP contribution in [0.4, 0.5) is 5.82 Å². The van der Waals surface area contributed by atoms with Crippen molar-refractivity contribution in [3.05, 3.63) is 16.3 Å². The largest absolute Gasteiger partial charge is 0.480 e. The molecule has 0 aliphatic heterocycles. The molecule has 0 saturated heterocycles. The average molecular weight is 279 g/mol. The summed E-state index contributed by atoms with van der Waals surface area (Å²) < 4.78 is 0. The molecule has 2 aromatic heterocycles. The molecule has 0 amide bonds. The second kappa shape index (κ2) is 4.77. The second-order valence-electron chi connectivity index (χ2n) is 4.68. The number of carbonyl (C=O) groups is 1. The minimum atomic E-state index is -0.864. The Morgan fingerprint density at radius 2 is 1.95 bits per heavy atom. The molecule has 2 heterocycles. The molecule has 1 unspecified atom stereocenters. The molecule has 0 aliphatic carbocycles. The summed E-state index contributed by atoms with van der Waals surface area (Å²) in [4.78, 5) is 23.8. The van der Waals surface area contributed by atoms with Crippen molar-refractivity contribution in [2.45, 2.75) is 33.7 Å². The van der Waals surface area contributed by atoms with Crippen LogP contribution >= 0.6 is 11.3 Å². The van der Waals surface area contributed by atoms with Gasteiger partial charge in [0.2, 0.25) is 0 Å². The summed E-state index contributed by atoms with van der Waals surface area (Å²) in [6.07, 6.45) is 0. The number of carboxylic acid groups (broad SMARTS) is 1. The van der Waals surface area contributed by atoms with Gasteiger partial charge in [0.15, 0.2) is 0 Å². The number of thiophene rings is 1. The molecular formula is C13H17N3O2S. The first-order valence-electron chi connectivity index (χ1n) is 6.03. The van der Waals surface area contributed by atoms with E-state index in [0.717, 1.165) is 15.8 Å². The van der Waals surface area contributed by atoms with Crippen molar-refractivity contribution in [1.29, 1.82) is 0 Å². The number of hydrogen-bond acceptors (Lipinski definition) is 5. The van der Waals surface area contributed by atoms with E-state index < -0.39 is 12.0 Å². The molecule has 0 aromatic carbocycles. The lowest BCUT2D eigenvalue weighted by molar-refractivity contribution is -0.138. The van der Waals surface area contributed by atoms with E-state index in [1.165, 1.54) is 4.88 Å². The number of fused-ring (bicyclic) bond motifs is 1. The molecule has 2 aromatic rings. The van der Waals surface area contributed by atoms with Crippen molar-refractivity contribution in [3.63, 3.8) is 0 Å². The van der Waals surface area contributed by atoms with Gasteiger partial charge >= 0.3 is 5.97 Å². The fourth-order valence-electron chi connectivity index (χ4n) is 1.94. The van der Waals surface area contributed by atoms with Crippen LogP contribution in [0.3, 0.4) is 0 Å². The quantitative estimate of drug-likeness (QED) is 0.935. The highest BCUT2D eigenvalue weighted by atomic mass is 32.1. The molecule has 0 bridgehead atoms. The zero-order valence-electron chi connectivity index (χ0n) is 11.7. The molecule has 6 heteroatoms. The maximum absolute atomic E-state index is 11.1. The summed E-state index contributed by atoms with van der Waals surface area (Å²) in [5, 5.41) is 10.1. The van der Waals surface area contributed by atoms with Crippen molar-refractivity contribution in [3.8, 4) is 0 Å². The van der Waals surface area contributed by atoms with Gasteiger partial charge in [-0.2, -0.15) is 0 Å². The molecular weight excluding hydrogens is 262 g/mol. The molecule has 19 heavy (non-hydrogen) atoms. The second-order valence-corrected chi connectivity index (χ2v) is 5.89. The molecule has 0 aliphatic rings. The van der Waals surface area contributed by atoms with E-state index in [1.807, 2.05) is 20.8 Å². The summed E-state index contributed by atoms with van der Waals surface area (Å²) in [5.74, 6) is 0.490. The van der Waals surface area contributed by atoms with E-state index in [1.54, 1.807) is 30.2 Å². The monoisotopic (exact) mass is 279 g/mol. The molecule has 102 valence electrons. The highest BCUT2D eigenvalue weighted by Gasteiger charge is 2.23. The summed E-state index contributed by atoms with van der Waals surface area (Å²) in [6.45, 7) is 7.55. The van der Waals surface area contributed by atoms with Gasteiger partial charge in [0.05, 0.1) is 5.39 Å². The smallest absolute Gasteiger partial charge is 0.326 e. The van der Waals surface area contributed by atoms with Gasteiger partial charge < -0.3 is 10.0 Å². The Morgan fingerprint density at radius 3 is 2.53 bits per heavy atom. The Labute approximate surface area is 115 Å². The summed E-state index contributed by atoms with van der Waals surface area (Å²) >= 11 is 1.62. The minimum Gasteiger partial charge on any atom is -0.480 e. The van der Waals surface area contributed by atoms with E-state index in [-0.39, 0.29) is 0 Å². The normalized spacial score (nSPS) is 12.7. The van der Waals surface area contributed by atoms with E-state index in [9.17, 15) is 4.79 Å². The van der Waals surface area contributed by atoms with Crippen molar-refractivity contribution in [2.75, 3.05) is 11.9 Å². The third kappa shape index (κ3) is 2.28. The number of nitrogens with zero attached hydrogens (tertiary/aromatic N) is 3. The van der Waals surface area contributed by atoms with Gasteiger partial charge in [-0.15, -0.1) is 11.3 Å². The Morgan fingerprint density at radius 1 is 1.32 bits per heavy atom. The van der Waals surface area contributed by atoms with Crippen LogP contribution < -0.4 is 4.90 Å². The Hall–Kier alpha value is -1.69. The summed E-state index contributed by atoms with van der Waals surface area (Å²) in [5.41, 5.74) is 1.12. The number of aryl methyl sites for hydroxylation is 3. The van der Waals surface area contributed by atoms with E-state index in [4.69, 9.17) is 5.11 Å². The summed E-state index contributed by atoms with van der Waals surface area (Å²) in [7, 11) is 1.76. The number of aromatic nitrogens is 2. The van der Waals surface area contributed by atoms with Crippen molar-refractivity contribution >= 4 is 33.3 Å². The fraction of sp³-hybridized carbons (Fsp3) is 0.462. The lowest BCUT2D eigenvalue weighted by atomic mass is 10.2. The van der Waals surface area contributed by atoms with E-state index in [0.29, 0.717) is 11.6 Å². The third-order valence-electron chi connectivity index (χ3n) is 3.39. The van der Waals surface area contributed by atoms with Crippen LogP contribution in [0.25, 0.3) is 10.2 Å². The van der Waals surface area contributed by atoms with Gasteiger partial charge in [0, 0.05) is 11.9 Å². The van der Waals surface area contributed by atoms with Crippen LogP contribution in [0.1, 0.15) is 23.2 Å². The third-order valence-corrected chi connectivity index (χ3v) is 4.49. The number of anilines is 1. The molecule has 0 spiro atoms. The van der Waals surface area contributed by atoms with Gasteiger partial charge in [-0.05, 0) is 33.3 Å². The lowest BCUT2D eigenvalue weighted by Crippen LogP contribution is -2.36. The van der Waals surface area contributed by atoms with Crippen LogP contribution in [-0.2, 0) is 4.79 Å². The average Bonchev–Trinajstić information content (AvgIpc) is 2.62. The summed E-state index contributed by atoms with van der Waals surface area (Å²) in [6, 6.07) is -0.628. The molecule has 1 N–H and O–H groups in total. The van der Waals surface area contributed by atoms with E-state index in [2.05, 4.69) is 9.97 Å². The van der Waals surface area contributed by atoms with Gasteiger partial charge in [0.25, 0.3) is 0 Å². The first-order chi connectivity index (χ1) is 8.82. The number of likely N-dealkylation sites (N-methyl/N-ethyl adjacent to an activating group) is 1. The fourth-order valence-corrected chi connectivity index (χ4v) is 3.01. The highest BCUT2D eigenvalue weighted by molar-refractivity contribution is 7.18. The highest BCUT2D eigenvalue weighted by Crippen LogP contribution is 2.35. The van der Waals surface area contributed by atoms with Crippen molar-refractivity contribution in [1.82, 2.24) is 9.97 Å². The minimum absolute atomic E-state index is 0.628. The first kappa shape index (κ1) is 13.7. The number of rotatable bonds is 3. The first-order valence-corrected chi connectivity index (χ1v) is 6.84. The zero-order chi connectivity index (χ0) is 14.3. The SMILES string of the molecule is Cc1nc(N(C)C(C)C(=O)O)c2c(C)c(C)sc2n1. The Bertz CT molecular complexity index is 651. The van der Waals surface area contributed by atoms with Crippen molar-refractivity contribution in [2.24, 2.45) is 0 Å². The van der Waals surface area contributed by atoms with Crippen LogP contribution in [0.15, 0.2) is 0 Å². The maximum Gasteiger partial charge on any atom is 0.326 e. The lowest BCUT2D eigenvalue weighted by Gasteiger charge is -2.23. The van der Waals surface area contributed by atoms with Gasteiger partial charge in [-0.25, -0.2) is 14.8 Å². The Kier molecular flexibility index (Phi) is 3.45. The van der Waals surface area contributed by atoms with E-state index >= 15 is 0 Å². The topological polar surface area (TPSA) is 66.3 Å². The van der Waals surface area contributed by atoms with Crippen LogP contribution in [-0.4, -0.2) is 34.1 Å². The van der Waals surface area contributed by atoms with Gasteiger partial charge in [-0.1, -0.05) is 0 Å².